The summed E-state index contributed by atoms with van der Waals surface area (Å²) in [7, 11) is -5.11. The van der Waals surface area contributed by atoms with Crippen molar-refractivity contribution in [1.29, 1.82) is 0 Å². The first kappa shape index (κ1) is 28.8. The van der Waals surface area contributed by atoms with E-state index >= 15 is 0 Å². The molecular formula is C31H27F2N3O5S2. The fourth-order valence-electron chi connectivity index (χ4n) is 5.16. The topological polar surface area (TPSA) is 99.7 Å². The number of hydrogen-bond acceptors (Lipinski definition) is 6. The van der Waals surface area contributed by atoms with E-state index in [2.05, 4.69) is 4.36 Å². The third-order valence-corrected chi connectivity index (χ3v) is 11.5. The lowest BCUT2D eigenvalue weighted by atomic mass is 10.0. The van der Waals surface area contributed by atoms with Crippen LogP contribution >= 0.6 is 0 Å². The second-order valence-corrected chi connectivity index (χ2v) is 14.8. The van der Waals surface area contributed by atoms with Gasteiger partial charge in [-0.1, -0.05) is 17.7 Å². The SMILES string of the molecule is Cc1ccc(S(=O)(=O)n2ccc3c(-c4cc(N=S5(=O)CCCC5)ccc4Oc4ccc(F)cc4F)cn(C)c(=O)c32)cc1. The summed E-state index contributed by atoms with van der Waals surface area (Å²) in [5.41, 5.74) is 1.36. The van der Waals surface area contributed by atoms with Crippen LogP contribution in [0.5, 0.6) is 11.5 Å². The molecule has 12 heteroatoms. The van der Waals surface area contributed by atoms with E-state index in [-0.39, 0.29) is 21.9 Å². The Morgan fingerprint density at radius 1 is 0.907 bits per heavy atom. The highest BCUT2D eigenvalue weighted by atomic mass is 32.2. The highest BCUT2D eigenvalue weighted by Gasteiger charge is 2.25. The second kappa shape index (κ2) is 10.8. The van der Waals surface area contributed by atoms with E-state index in [0.717, 1.165) is 34.5 Å². The average Bonchev–Trinajstić information content (AvgIpc) is 3.61. The van der Waals surface area contributed by atoms with Crippen LogP contribution < -0.4 is 10.3 Å². The molecule has 1 aliphatic rings. The molecule has 0 atom stereocenters. The largest absolute Gasteiger partial charge is 0.454 e. The molecule has 0 bridgehead atoms. The Bertz CT molecular complexity index is 2190. The van der Waals surface area contributed by atoms with Crippen molar-refractivity contribution in [2.75, 3.05) is 11.5 Å². The van der Waals surface area contributed by atoms with E-state index in [9.17, 15) is 26.2 Å². The third-order valence-electron chi connectivity index (χ3n) is 7.38. The molecule has 8 nitrogen and oxygen atoms in total. The predicted octanol–water partition coefficient (Wildman–Crippen LogP) is 6.52. The molecule has 3 aromatic carbocycles. The van der Waals surface area contributed by atoms with Crippen molar-refractivity contribution in [2.45, 2.75) is 24.7 Å². The number of aryl methyl sites for hydroxylation is 2. The number of hydrogen-bond donors (Lipinski definition) is 0. The van der Waals surface area contributed by atoms with Crippen molar-refractivity contribution in [3.05, 3.63) is 107 Å². The quantitative estimate of drug-likeness (QED) is 0.215. The Morgan fingerprint density at radius 3 is 2.30 bits per heavy atom. The third kappa shape index (κ3) is 5.36. The Kier molecular flexibility index (Phi) is 7.21. The fraction of sp³-hybridized carbons (Fsp3) is 0.194. The van der Waals surface area contributed by atoms with Crippen molar-refractivity contribution >= 4 is 36.3 Å². The van der Waals surface area contributed by atoms with Gasteiger partial charge in [0.2, 0.25) is 0 Å². The van der Waals surface area contributed by atoms with Gasteiger partial charge < -0.3 is 9.30 Å². The first-order valence-corrected chi connectivity index (χ1v) is 16.8. The van der Waals surface area contributed by atoms with Crippen LogP contribution in [0.4, 0.5) is 14.5 Å². The summed E-state index contributed by atoms with van der Waals surface area (Å²) in [4.78, 5) is 13.4. The second-order valence-electron chi connectivity index (χ2n) is 10.5. The lowest BCUT2D eigenvalue weighted by Crippen LogP contribution is -2.22. The Labute approximate surface area is 247 Å². The molecule has 222 valence electrons. The summed E-state index contributed by atoms with van der Waals surface area (Å²) >= 11 is 0. The van der Waals surface area contributed by atoms with Crippen LogP contribution in [0.2, 0.25) is 0 Å². The fourth-order valence-corrected chi connectivity index (χ4v) is 8.70. The molecule has 43 heavy (non-hydrogen) atoms. The lowest BCUT2D eigenvalue weighted by Gasteiger charge is -2.15. The molecule has 0 radical (unpaired) electrons. The normalized spacial score (nSPS) is 14.7. The van der Waals surface area contributed by atoms with Crippen LogP contribution in [0.25, 0.3) is 22.0 Å². The minimum atomic E-state index is -4.15. The Hall–Kier alpha value is -4.29. The van der Waals surface area contributed by atoms with Crippen LogP contribution in [-0.4, -0.2) is 32.7 Å². The van der Waals surface area contributed by atoms with Gasteiger partial charge in [0.15, 0.2) is 11.6 Å². The first-order chi connectivity index (χ1) is 20.4. The summed E-state index contributed by atoms with van der Waals surface area (Å²) in [6.45, 7) is 1.84. The molecule has 3 heterocycles. The molecule has 0 N–H and O–H groups in total. The standard InChI is InChI=1S/C31H27F2N3O5S2/c1-20-5-9-23(10-6-20)43(39,40)36-14-13-24-26(19-35(2)31(37)30(24)36)25-18-22(34-42(38)15-3-4-16-42)8-12-28(25)41-29-11-7-21(32)17-27(29)33/h5-14,17-19H,3-4,15-16H2,1-2H3. The Morgan fingerprint density at radius 2 is 1.60 bits per heavy atom. The maximum atomic E-state index is 14.6. The number of aromatic nitrogens is 2. The number of nitrogens with zero attached hydrogens (tertiary/aromatic N) is 3. The van der Waals surface area contributed by atoms with Crippen molar-refractivity contribution < 1.29 is 26.1 Å². The van der Waals surface area contributed by atoms with E-state index in [1.165, 1.54) is 48.3 Å². The first-order valence-electron chi connectivity index (χ1n) is 13.5. The molecule has 5 aromatic rings. The zero-order valence-corrected chi connectivity index (χ0v) is 24.9. The van der Waals surface area contributed by atoms with E-state index < -0.39 is 36.9 Å². The van der Waals surface area contributed by atoms with Gasteiger partial charge in [0.25, 0.3) is 15.6 Å². The maximum absolute atomic E-state index is 14.6. The average molecular weight is 624 g/mol. The number of fused-ring (bicyclic) bond motifs is 1. The van der Waals surface area contributed by atoms with Gasteiger partial charge in [-0.2, -0.15) is 4.36 Å². The number of benzene rings is 3. The molecule has 0 spiro atoms. The van der Waals surface area contributed by atoms with E-state index in [1.54, 1.807) is 24.3 Å². The lowest BCUT2D eigenvalue weighted by molar-refractivity contribution is 0.439. The van der Waals surface area contributed by atoms with E-state index in [0.29, 0.717) is 39.8 Å². The number of pyridine rings is 1. The minimum Gasteiger partial charge on any atom is -0.454 e. The molecule has 1 aliphatic heterocycles. The van der Waals surface area contributed by atoms with Crippen LogP contribution in [0, 0.1) is 18.6 Å². The van der Waals surface area contributed by atoms with Gasteiger partial charge in [-0.05, 0) is 68.3 Å². The number of ether oxygens (including phenoxy) is 1. The van der Waals surface area contributed by atoms with Gasteiger partial charge in [-0.25, -0.2) is 25.4 Å². The number of rotatable bonds is 6. The van der Waals surface area contributed by atoms with Crippen LogP contribution in [0.15, 0.2) is 93.2 Å². The van der Waals surface area contributed by atoms with Gasteiger partial charge in [0.1, 0.15) is 17.1 Å². The van der Waals surface area contributed by atoms with Gasteiger partial charge in [-0.15, -0.1) is 0 Å². The summed E-state index contributed by atoms with van der Waals surface area (Å²) in [6, 6.07) is 15.5. The molecule has 1 saturated heterocycles. The molecule has 0 aliphatic carbocycles. The predicted molar refractivity (Wildman–Crippen MR) is 162 cm³/mol. The van der Waals surface area contributed by atoms with Crippen LogP contribution in [-0.2, 0) is 26.8 Å². The molecule has 1 fully saturated rings. The van der Waals surface area contributed by atoms with Crippen molar-refractivity contribution in [1.82, 2.24) is 8.54 Å². The summed E-state index contributed by atoms with van der Waals surface area (Å²) in [6.07, 6.45) is 4.46. The highest BCUT2D eigenvalue weighted by molar-refractivity contribution is 7.94. The monoisotopic (exact) mass is 623 g/mol. The zero-order valence-electron chi connectivity index (χ0n) is 23.3. The molecule has 2 aromatic heterocycles. The van der Waals surface area contributed by atoms with Gasteiger partial charge in [0.05, 0.1) is 20.3 Å². The van der Waals surface area contributed by atoms with E-state index in [4.69, 9.17) is 4.74 Å². The molecular weight excluding hydrogens is 596 g/mol. The Balaban J connectivity index is 1.59. The van der Waals surface area contributed by atoms with E-state index in [1.807, 2.05) is 6.92 Å². The van der Waals surface area contributed by atoms with Crippen LogP contribution in [0.3, 0.4) is 0 Å². The minimum absolute atomic E-state index is 0.0138. The summed E-state index contributed by atoms with van der Waals surface area (Å²) in [5, 5.41) is 0.297. The van der Waals surface area contributed by atoms with Gasteiger partial charge in [-0.3, -0.25) is 4.79 Å². The van der Waals surface area contributed by atoms with Crippen molar-refractivity contribution in [3.8, 4) is 22.6 Å². The molecule has 0 unspecified atom stereocenters. The number of halogens is 2. The zero-order chi connectivity index (χ0) is 30.5. The summed E-state index contributed by atoms with van der Waals surface area (Å²) in [5.74, 6) is -0.837. The molecule has 0 amide bonds. The van der Waals surface area contributed by atoms with Gasteiger partial charge >= 0.3 is 0 Å². The highest BCUT2D eigenvalue weighted by Crippen LogP contribution is 2.40. The maximum Gasteiger partial charge on any atom is 0.275 e. The van der Waals surface area contributed by atoms with Crippen molar-refractivity contribution in [3.63, 3.8) is 0 Å². The molecule has 6 rings (SSSR count). The summed E-state index contributed by atoms with van der Waals surface area (Å²) < 4.78 is 81.4. The van der Waals surface area contributed by atoms with Crippen molar-refractivity contribution in [2.24, 2.45) is 11.4 Å². The van der Waals surface area contributed by atoms with Crippen LogP contribution in [0.1, 0.15) is 18.4 Å². The molecule has 0 saturated carbocycles. The smallest absolute Gasteiger partial charge is 0.275 e. The van der Waals surface area contributed by atoms with Gasteiger partial charge in [0, 0.05) is 53.5 Å².